The van der Waals surface area contributed by atoms with E-state index in [2.05, 4.69) is 0 Å². The van der Waals surface area contributed by atoms with E-state index in [-0.39, 0.29) is 17.9 Å². The Morgan fingerprint density at radius 3 is 2.32 bits per heavy atom. The maximum Gasteiger partial charge on any atom is 0.407 e. The van der Waals surface area contributed by atoms with Gasteiger partial charge >= 0.3 is 6.09 Å². The minimum atomic E-state index is -0.976. The van der Waals surface area contributed by atoms with Crippen LogP contribution in [0.2, 0.25) is 0 Å². The highest BCUT2D eigenvalue weighted by atomic mass is 19.1. The minimum absolute atomic E-state index is 0.171. The van der Waals surface area contributed by atoms with E-state index >= 15 is 0 Å². The van der Waals surface area contributed by atoms with Crippen molar-refractivity contribution in [3.63, 3.8) is 0 Å². The van der Waals surface area contributed by atoms with Crippen molar-refractivity contribution in [2.45, 2.75) is 32.0 Å². The molecule has 3 atom stereocenters. The summed E-state index contributed by atoms with van der Waals surface area (Å²) in [6.07, 6.45) is -0.976. The Balaban J connectivity index is 2.28. The van der Waals surface area contributed by atoms with Crippen molar-refractivity contribution in [1.29, 1.82) is 0 Å². The van der Waals surface area contributed by atoms with Crippen molar-refractivity contribution < 1.29 is 19.1 Å². The third-order valence-electron chi connectivity index (χ3n) is 4.07. The molecule has 120 valence electrons. The summed E-state index contributed by atoms with van der Waals surface area (Å²) >= 11 is 0. The molecule has 1 aromatic rings. The summed E-state index contributed by atoms with van der Waals surface area (Å²) in [5.74, 6) is -0.918. The van der Waals surface area contributed by atoms with Crippen molar-refractivity contribution in [2.24, 2.45) is 5.73 Å². The topological polar surface area (TPSA) is 86.9 Å². The highest BCUT2D eigenvalue weighted by Crippen LogP contribution is 2.27. The Labute approximate surface area is 128 Å². The smallest absolute Gasteiger partial charge is 0.407 e. The lowest BCUT2D eigenvalue weighted by Gasteiger charge is -2.45. The molecular weight excluding hydrogens is 289 g/mol. The normalized spacial score (nSPS) is 24.0. The average Bonchev–Trinajstić information content (AvgIpc) is 2.44. The fraction of sp³-hybridized carbons (Fsp3) is 0.467. The van der Waals surface area contributed by atoms with Crippen LogP contribution in [0.5, 0.6) is 0 Å². The molecule has 1 aliphatic heterocycles. The number of hydrogen-bond acceptors (Lipinski definition) is 3. The summed E-state index contributed by atoms with van der Waals surface area (Å²) in [6.45, 7) is 4.32. The summed E-state index contributed by atoms with van der Waals surface area (Å²) in [7, 11) is 0. The zero-order valence-electron chi connectivity index (χ0n) is 12.6. The molecule has 0 spiro atoms. The predicted molar refractivity (Wildman–Crippen MR) is 78.7 cm³/mol. The zero-order chi connectivity index (χ0) is 16.4. The lowest BCUT2D eigenvalue weighted by atomic mass is 9.99. The van der Waals surface area contributed by atoms with E-state index in [9.17, 15) is 19.1 Å². The van der Waals surface area contributed by atoms with E-state index in [4.69, 9.17) is 5.73 Å². The molecule has 0 aromatic heterocycles. The van der Waals surface area contributed by atoms with Gasteiger partial charge in [-0.2, -0.15) is 0 Å². The van der Waals surface area contributed by atoms with Crippen LogP contribution in [0.4, 0.5) is 9.18 Å². The van der Waals surface area contributed by atoms with Gasteiger partial charge < -0.3 is 15.7 Å². The van der Waals surface area contributed by atoms with Crippen LogP contribution in [0.3, 0.4) is 0 Å². The Morgan fingerprint density at radius 1 is 1.23 bits per heavy atom. The van der Waals surface area contributed by atoms with Gasteiger partial charge in [0, 0.05) is 25.2 Å². The highest BCUT2D eigenvalue weighted by Gasteiger charge is 2.38. The number of hydrogen-bond donors (Lipinski definition) is 2. The molecule has 0 bridgehead atoms. The largest absolute Gasteiger partial charge is 0.465 e. The lowest BCUT2D eigenvalue weighted by molar-refractivity contribution is -0.125. The summed E-state index contributed by atoms with van der Waals surface area (Å²) in [5, 5.41) is 9.18. The molecule has 0 saturated carbocycles. The number of rotatable bonds is 3. The number of nitrogens with two attached hydrogens (primary N) is 1. The van der Waals surface area contributed by atoms with E-state index < -0.39 is 18.0 Å². The number of piperazine rings is 1. The molecule has 2 amide bonds. The number of nitrogens with zero attached hydrogens (tertiary/aromatic N) is 2. The van der Waals surface area contributed by atoms with Crippen molar-refractivity contribution in [3.05, 3.63) is 35.6 Å². The van der Waals surface area contributed by atoms with Gasteiger partial charge in [-0.25, -0.2) is 9.18 Å². The quantitative estimate of drug-likeness (QED) is 0.884. The first-order chi connectivity index (χ1) is 10.3. The summed E-state index contributed by atoms with van der Waals surface area (Å²) in [5.41, 5.74) is 6.14. The molecule has 1 fully saturated rings. The SMILES string of the molecule is C[C@@H]1CN(C(=O)O)[C@@H](C)CN1C(C(N)=O)c1ccc(F)cc1. The van der Waals surface area contributed by atoms with Gasteiger partial charge in [0.15, 0.2) is 0 Å². The second-order valence-electron chi connectivity index (χ2n) is 5.69. The van der Waals surface area contributed by atoms with E-state index in [1.807, 2.05) is 11.8 Å². The number of carbonyl (C=O) groups is 2. The van der Waals surface area contributed by atoms with Crippen LogP contribution in [-0.4, -0.2) is 52.1 Å². The predicted octanol–water partition coefficient (Wildman–Crippen LogP) is 1.42. The van der Waals surface area contributed by atoms with Gasteiger partial charge in [-0.15, -0.1) is 0 Å². The first-order valence-corrected chi connectivity index (χ1v) is 7.11. The third-order valence-corrected chi connectivity index (χ3v) is 4.07. The number of carbonyl (C=O) groups excluding carboxylic acids is 1. The summed E-state index contributed by atoms with van der Waals surface area (Å²) < 4.78 is 13.1. The first kappa shape index (κ1) is 16.2. The second-order valence-corrected chi connectivity index (χ2v) is 5.69. The van der Waals surface area contributed by atoms with Crippen molar-refractivity contribution in [2.75, 3.05) is 13.1 Å². The third kappa shape index (κ3) is 3.19. The maximum absolute atomic E-state index is 13.1. The Bertz CT molecular complexity index is 564. The van der Waals surface area contributed by atoms with Crippen LogP contribution in [-0.2, 0) is 4.79 Å². The van der Waals surface area contributed by atoms with Gasteiger partial charge in [-0.3, -0.25) is 9.69 Å². The molecule has 1 unspecified atom stereocenters. The van der Waals surface area contributed by atoms with Crippen LogP contribution in [0.25, 0.3) is 0 Å². The number of amides is 2. The number of benzene rings is 1. The van der Waals surface area contributed by atoms with E-state index in [1.165, 1.54) is 29.2 Å². The van der Waals surface area contributed by atoms with Gasteiger partial charge in [-0.1, -0.05) is 12.1 Å². The molecule has 1 saturated heterocycles. The molecule has 0 aliphatic carbocycles. The Hall–Kier alpha value is -2.15. The van der Waals surface area contributed by atoms with Gasteiger partial charge in [0.1, 0.15) is 11.9 Å². The maximum atomic E-state index is 13.1. The summed E-state index contributed by atoms with van der Waals surface area (Å²) in [4.78, 5) is 26.3. The molecule has 1 aliphatic rings. The molecular formula is C15H20FN3O3. The van der Waals surface area contributed by atoms with Gasteiger partial charge in [-0.05, 0) is 31.5 Å². The average molecular weight is 309 g/mol. The summed E-state index contributed by atoms with van der Waals surface area (Å²) in [6, 6.07) is 4.51. The van der Waals surface area contributed by atoms with Gasteiger partial charge in [0.2, 0.25) is 5.91 Å². The molecule has 22 heavy (non-hydrogen) atoms. The van der Waals surface area contributed by atoms with Crippen molar-refractivity contribution in [1.82, 2.24) is 9.80 Å². The Kier molecular flexibility index (Phi) is 4.65. The first-order valence-electron chi connectivity index (χ1n) is 7.11. The molecule has 1 aromatic carbocycles. The molecule has 2 rings (SSSR count). The zero-order valence-corrected chi connectivity index (χ0v) is 12.6. The van der Waals surface area contributed by atoms with E-state index in [1.54, 1.807) is 6.92 Å². The lowest BCUT2D eigenvalue weighted by Crippen LogP contribution is -2.59. The second kappa shape index (κ2) is 6.31. The number of primary amides is 1. The minimum Gasteiger partial charge on any atom is -0.465 e. The fourth-order valence-electron chi connectivity index (χ4n) is 2.94. The van der Waals surface area contributed by atoms with Crippen LogP contribution in [0.15, 0.2) is 24.3 Å². The van der Waals surface area contributed by atoms with Crippen LogP contribution in [0, 0.1) is 5.82 Å². The highest BCUT2D eigenvalue weighted by molar-refractivity contribution is 5.81. The van der Waals surface area contributed by atoms with Crippen LogP contribution in [0.1, 0.15) is 25.5 Å². The number of halogens is 1. The molecule has 3 N–H and O–H groups in total. The molecule has 0 radical (unpaired) electrons. The molecule has 6 nitrogen and oxygen atoms in total. The van der Waals surface area contributed by atoms with Crippen molar-refractivity contribution >= 4 is 12.0 Å². The van der Waals surface area contributed by atoms with E-state index in [0.29, 0.717) is 18.7 Å². The monoisotopic (exact) mass is 309 g/mol. The Morgan fingerprint density at radius 2 is 1.82 bits per heavy atom. The van der Waals surface area contributed by atoms with Crippen LogP contribution >= 0.6 is 0 Å². The fourth-order valence-corrected chi connectivity index (χ4v) is 2.94. The standard InChI is InChI=1S/C15H20FN3O3/c1-9-8-19(15(21)22)10(2)7-18(9)13(14(17)20)11-3-5-12(16)6-4-11/h3-6,9-10,13H,7-8H2,1-2H3,(H2,17,20)(H,21,22)/t9-,10+,13?/m1/s1. The number of carboxylic acid groups (broad SMARTS) is 1. The molecule has 1 heterocycles. The van der Waals surface area contributed by atoms with E-state index in [0.717, 1.165) is 0 Å². The van der Waals surface area contributed by atoms with Crippen LogP contribution < -0.4 is 5.73 Å². The van der Waals surface area contributed by atoms with Gasteiger partial charge in [0.05, 0.1) is 0 Å². The van der Waals surface area contributed by atoms with Gasteiger partial charge in [0.25, 0.3) is 0 Å². The molecule has 7 heteroatoms. The van der Waals surface area contributed by atoms with Crippen molar-refractivity contribution in [3.8, 4) is 0 Å².